The summed E-state index contributed by atoms with van der Waals surface area (Å²) in [5.74, 6) is 0.805. The molecule has 1 unspecified atom stereocenters. The van der Waals surface area contributed by atoms with E-state index >= 15 is 0 Å². The molecule has 0 aliphatic carbocycles. The van der Waals surface area contributed by atoms with Crippen molar-refractivity contribution in [1.29, 1.82) is 0 Å². The molecule has 2 aromatic carbocycles. The fourth-order valence-electron chi connectivity index (χ4n) is 4.39. The molecule has 0 spiro atoms. The molecule has 0 saturated carbocycles. The van der Waals surface area contributed by atoms with Gasteiger partial charge >= 0.3 is 0 Å². The van der Waals surface area contributed by atoms with Crippen molar-refractivity contribution in [2.24, 2.45) is 0 Å². The molecule has 34 heavy (non-hydrogen) atoms. The van der Waals surface area contributed by atoms with Gasteiger partial charge in [-0.15, -0.1) is 0 Å². The molecule has 0 bridgehead atoms. The lowest BCUT2D eigenvalue weighted by atomic mass is 10.0. The summed E-state index contributed by atoms with van der Waals surface area (Å²) in [4.78, 5) is 27.0. The van der Waals surface area contributed by atoms with Gasteiger partial charge in [-0.3, -0.25) is 9.78 Å². The number of anilines is 2. The van der Waals surface area contributed by atoms with E-state index in [1.807, 2.05) is 41.3 Å². The Morgan fingerprint density at radius 1 is 1.06 bits per heavy atom. The summed E-state index contributed by atoms with van der Waals surface area (Å²) >= 11 is 6.19. The van der Waals surface area contributed by atoms with Crippen molar-refractivity contribution in [2.45, 2.75) is 13.0 Å². The lowest BCUT2D eigenvalue weighted by Crippen LogP contribution is -2.40. The Labute approximate surface area is 203 Å². The van der Waals surface area contributed by atoms with Gasteiger partial charge in [0.05, 0.1) is 49.7 Å². The zero-order valence-corrected chi connectivity index (χ0v) is 19.9. The van der Waals surface area contributed by atoms with Crippen LogP contribution < -0.4 is 10.2 Å². The number of benzene rings is 2. The molecule has 3 aromatic rings. The van der Waals surface area contributed by atoms with Gasteiger partial charge in [0.15, 0.2) is 0 Å². The quantitative estimate of drug-likeness (QED) is 0.594. The molecular weight excluding hydrogens is 454 g/mol. The largest absolute Gasteiger partial charge is 0.378 e. The van der Waals surface area contributed by atoms with Crippen LogP contribution in [-0.2, 0) is 9.47 Å². The Balaban J connectivity index is 1.54. The highest BCUT2D eigenvalue weighted by Gasteiger charge is 2.23. The number of morpholine rings is 2. The van der Waals surface area contributed by atoms with E-state index in [4.69, 9.17) is 31.0 Å². The highest BCUT2D eigenvalue weighted by molar-refractivity contribution is 6.30. The Kier molecular flexibility index (Phi) is 6.80. The highest BCUT2D eigenvalue weighted by Crippen LogP contribution is 2.29. The number of amides is 1. The third kappa shape index (κ3) is 4.94. The predicted octanol–water partition coefficient (Wildman–Crippen LogP) is 3.77. The van der Waals surface area contributed by atoms with E-state index in [2.05, 4.69) is 17.1 Å². The van der Waals surface area contributed by atoms with Crippen LogP contribution in [0.25, 0.3) is 11.0 Å². The molecule has 2 saturated heterocycles. The minimum absolute atomic E-state index is 0.0135. The van der Waals surface area contributed by atoms with Crippen LogP contribution in [0, 0.1) is 0 Å². The number of fused-ring (bicyclic) bond motifs is 1. The molecule has 3 heterocycles. The average Bonchev–Trinajstić information content (AvgIpc) is 2.88. The number of hydrogen-bond donors (Lipinski definition) is 1. The molecule has 9 heteroatoms. The molecule has 2 aliphatic heterocycles. The summed E-state index contributed by atoms with van der Waals surface area (Å²) in [6.07, 6.45) is 1.79. The molecule has 1 N–H and O–H groups in total. The van der Waals surface area contributed by atoms with Crippen LogP contribution in [0.5, 0.6) is 0 Å². The van der Waals surface area contributed by atoms with Crippen LogP contribution in [0.1, 0.15) is 28.9 Å². The van der Waals surface area contributed by atoms with Gasteiger partial charge in [0.25, 0.3) is 5.91 Å². The number of nitrogens with one attached hydrogen (secondary N) is 1. The summed E-state index contributed by atoms with van der Waals surface area (Å²) < 4.78 is 10.9. The second-order valence-corrected chi connectivity index (χ2v) is 8.98. The molecule has 178 valence electrons. The van der Waals surface area contributed by atoms with Gasteiger partial charge in [0.1, 0.15) is 5.82 Å². The summed E-state index contributed by atoms with van der Waals surface area (Å²) in [6, 6.07) is 11.3. The van der Waals surface area contributed by atoms with E-state index in [9.17, 15) is 4.79 Å². The highest BCUT2D eigenvalue weighted by atomic mass is 35.5. The summed E-state index contributed by atoms with van der Waals surface area (Å²) in [5, 5.41) is 4.17. The fraction of sp³-hybridized carbons (Fsp3) is 0.400. The summed E-state index contributed by atoms with van der Waals surface area (Å²) in [7, 11) is 0. The molecule has 0 radical (unpaired) electrons. The normalized spacial score (nSPS) is 17.6. The van der Waals surface area contributed by atoms with Crippen molar-refractivity contribution < 1.29 is 14.3 Å². The van der Waals surface area contributed by atoms with E-state index in [1.54, 1.807) is 6.20 Å². The second-order valence-electron chi connectivity index (χ2n) is 8.54. The number of hydrogen-bond acceptors (Lipinski definition) is 7. The summed E-state index contributed by atoms with van der Waals surface area (Å²) in [5.41, 5.74) is 3.90. The topological polar surface area (TPSA) is 79.8 Å². The van der Waals surface area contributed by atoms with Crippen LogP contribution >= 0.6 is 11.6 Å². The van der Waals surface area contributed by atoms with Crippen molar-refractivity contribution in [1.82, 2.24) is 14.9 Å². The number of halogens is 1. The van der Waals surface area contributed by atoms with Gasteiger partial charge in [-0.05, 0) is 37.3 Å². The smallest absolute Gasteiger partial charge is 0.254 e. The molecule has 1 amide bonds. The van der Waals surface area contributed by atoms with Crippen molar-refractivity contribution in [3.8, 4) is 0 Å². The summed E-state index contributed by atoms with van der Waals surface area (Å²) in [6.45, 7) is 7.25. The van der Waals surface area contributed by atoms with E-state index in [0.717, 1.165) is 35.7 Å². The molecular formula is C25H28ClN5O3. The Morgan fingerprint density at radius 3 is 2.53 bits per heavy atom. The van der Waals surface area contributed by atoms with Gasteiger partial charge < -0.3 is 24.6 Å². The number of aromatic nitrogens is 2. The average molecular weight is 482 g/mol. The van der Waals surface area contributed by atoms with Crippen molar-refractivity contribution in [2.75, 3.05) is 62.8 Å². The first kappa shape index (κ1) is 22.8. The first-order valence-electron chi connectivity index (χ1n) is 11.6. The van der Waals surface area contributed by atoms with E-state index in [1.165, 1.54) is 0 Å². The molecule has 2 fully saturated rings. The lowest BCUT2D eigenvalue weighted by Gasteiger charge is -2.29. The maximum atomic E-state index is 13.3. The Bertz CT molecular complexity index is 1180. The standard InChI is InChI=1S/C25H28ClN5O3/c1-17(28-20-4-2-3-19(26)15-20)21-13-18(25(32)31-7-11-34-12-8-31)14-22-24(21)29-23(16-27-22)30-5-9-33-10-6-30/h2-4,13-17,28H,5-12H2,1H3. The maximum absolute atomic E-state index is 13.3. The lowest BCUT2D eigenvalue weighted by molar-refractivity contribution is 0.0303. The third-order valence-corrected chi connectivity index (χ3v) is 6.45. The van der Waals surface area contributed by atoms with Crippen LogP contribution in [0.15, 0.2) is 42.6 Å². The third-order valence-electron chi connectivity index (χ3n) is 6.22. The van der Waals surface area contributed by atoms with Crippen LogP contribution in [0.4, 0.5) is 11.5 Å². The van der Waals surface area contributed by atoms with Crippen molar-refractivity contribution in [3.63, 3.8) is 0 Å². The molecule has 1 aromatic heterocycles. The minimum atomic E-state index is -0.132. The first-order chi connectivity index (χ1) is 16.6. The number of carbonyl (C=O) groups is 1. The number of ether oxygens (including phenoxy) is 2. The molecule has 8 nitrogen and oxygen atoms in total. The number of rotatable bonds is 5. The maximum Gasteiger partial charge on any atom is 0.254 e. The Hall–Kier alpha value is -2.94. The first-order valence-corrected chi connectivity index (χ1v) is 12.0. The van der Waals surface area contributed by atoms with Crippen molar-refractivity contribution >= 4 is 40.0 Å². The van der Waals surface area contributed by atoms with E-state index in [0.29, 0.717) is 55.6 Å². The number of nitrogens with zero attached hydrogens (tertiary/aromatic N) is 4. The van der Waals surface area contributed by atoms with Crippen LogP contribution in [0.3, 0.4) is 0 Å². The second kappa shape index (κ2) is 10.1. The molecule has 1 atom stereocenters. The van der Waals surface area contributed by atoms with E-state index < -0.39 is 0 Å². The zero-order chi connectivity index (χ0) is 23.5. The molecule has 5 rings (SSSR count). The van der Waals surface area contributed by atoms with Gasteiger partial charge in [0, 0.05) is 48.0 Å². The van der Waals surface area contributed by atoms with E-state index in [-0.39, 0.29) is 11.9 Å². The van der Waals surface area contributed by atoms with Crippen LogP contribution in [0.2, 0.25) is 5.02 Å². The monoisotopic (exact) mass is 481 g/mol. The Morgan fingerprint density at radius 2 is 1.79 bits per heavy atom. The zero-order valence-electron chi connectivity index (χ0n) is 19.2. The van der Waals surface area contributed by atoms with Crippen molar-refractivity contribution in [3.05, 3.63) is 58.7 Å². The SMILES string of the molecule is CC(Nc1cccc(Cl)c1)c1cc(C(=O)N2CCOCC2)cc2ncc(N3CCOCC3)nc12. The van der Waals surface area contributed by atoms with Gasteiger partial charge in [-0.1, -0.05) is 17.7 Å². The number of carbonyl (C=O) groups excluding carboxylic acids is 1. The van der Waals surface area contributed by atoms with Crippen LogP contribution in [-0.4, -0.2) is 73.4 Å². The van der Waals surface area contributed by atoms with Gasteiger partial charge in [-0.25, -0.2) is 4.98 Å². The minimum Gasteiger partial charge on any atom is -0.378 e. The predicted molar refractivity (Wildman–Crippen MR) is 133 cm³/mol. The van der Waals surface area contributed by atoms with Gasteiger partial charge in [0.2, 0.25) is 0 Å². The molecule has 2 aliphatic rings. The fourth-order valence-corrected chi connectivity index (χ4v) is 4.58. The van der Waals surface area contributed by atoms with Gasteiger partial charge in [-0.2, -0.15) is 0 Å².